The lowest BCUT2D eigenvalue weighted by molar-refractivity contribution is 0.601. The van der Waals surface area contributed by atoms with Crippen molar-refractivity contribution in [3.05, 3.63) is 50.6 Å². The molecule has 2 aromatic carbocycles. The maximum Gasteiger partial charge on any atom is 0.264 e. The number of hydrogen-bond acceptors (Lipinski definition) is 3. The highest BCUT2D eigenvalue weighted by Gasteiger charge is 2.20. The van der Waals surface area contributed by atoms with Gasteiger partial charge in [0.05, 0.1) is 11.4 Å². The molecule has 0 heterocycles. The number of anilines is 2. The molecule has 0 aliphatic carbocycles. The lowest BCUT2D eigenvalue weighted by atomic mass is 10.2. The van der Waals surface area contributed by atoms with Crippen LogP contribution in [0.15, 0.2) is 41.3 Å². The maximum atomic E-state index is 12.5. The molecule has 0 bridgehead atoms. The van der Waals surface area contributed by atoms with Gasteiger partial charge in [-0.3, -0.25) is 4.72 Å². The Bertz CT molecular complexity index is 743. The Labute approximate surface area is 136 Å². The second-order valence-electron chi connectivity index (χ2n) is 4.22. The van der Waals surface area contributed by atoms with E-state index >= 15 is 0 Å². The molecule has 0 aromatic heterocycles. The summed E-state index contributed by atoms with van der Waals surface area (Å²) >= 11 is 7.87. The summed E-state index contributed by atoms with van der Waals surface area (Å²) in [6, 6.07) is 9.92. The van der Waals surface area contributed by atoms with Gasteiger partial charge in [0.1, 0.15) is 4.90 Å². The fourth-order valence-electron chi connectivity index (χ4n) is 1.81. The van der Waals surface area contributed by atoms with Crippen molar-refractivity contribution in [2.24, 2.45) is 0 Å². The van der Waals surface area contributed by atoms with Crippen molar-refractivity contribution in [3.63, 3.8) is 0 Å². The molecule has 0 radical (unpaired) electrons. The fraction of sp³-hybridized carbons (Fsp3) is 0.0769. The molecular formula is C13H12ClIN2O2S. The zero-order chi connectivity index (χ0) is 14.9. The van der Waals surface area contributed by atoms with E-state index < -0.39 is 10.0 Å². The first-order valence-corrected chi connectivity index (χ1v) is 8.58. The van der Waals surface area contributed by atoms with Crippen molar-refractivity contribution in [3.8, 4) is 0 Å². The molecule has 0 unspecified atom stereocenters. The summed E-state index contributed by atoms with van der Waals surface area (Å²) in [4.78, 5) is 0.103. The highest BCUT2D eigenvalue weighted by Crippen LogP contribution is 2.28. The molecular weight excluding hydrogens is 411 g/mol. The second-order valence-corrected chi connectivity index (χ2v) is 7.44. The molecule has 7 heteroatoms. The Hall–Kier alpha value is -0.990. The smallest absolute Gasteiger partial charge is 0.264 e. The van der Waals surface area contributed by atoms with E-state index in [0.717, 1.165) is 0 Å². The number of nitrogen functional groups attached to an aromatic ring is 1. The summed E-state index contributed by atoms with van der Waals surface area (Å²) in [5, 5.41) is 0.549. The van der Waals surface area contributed by atoms with Gasteiger partial charge in [0.25, 0.3) is 10.0 Å². The van der Waals surface area contributed by atoms with Gasteiger partial charge in [-0.25, -0.2) is 8.42 Å². The lowest BCUT2D eigenvalue weighted by Gasteiger charge is -2.13. The van der Waals surface area contributed by atoms with Crippen LogP contribution in [-0.4, -0.2) is 8.42 Å². The molecule has 0 saturated heterocycles. The fourth-order valence-corrected chi connectivity index (χ4v) is 4.44. The van der Waals surface area contributed by atoms with Crippen molar-refractivity contribution in [1.82, 2.24) is 0 Å². The van der Waals surface area contributed by atoms with E-state index in [1.54, 1.807) is 43.3 Å². The largest absolute Gasteiger partial charge is 0.398 e. The van der Waals surface area contributed by atoms with Crippen LogP contribution < -0.4 is 10.5 Å². The number of rotatable bonds is 3. The number of nitrogens with two attached hydrogens (primary N) is 1. The standard InChI is InChI=1S/C13H12ClIN2O2S/c1-8-3-2-4-11(16)13(8)20(18,19)17-12-6-5-9(14)7-10(12)15/h2-7,17H,16H2,1H3. The topological polar surface area (TPSA) is 72.2 Å². The Morgan fingerprint density at radius 2 is 1.95 bits per heavy atom. The van der Waals surface area contributed by atoms with Gasteiger partial charge in [-0.15, -0.1) is 0 Å². The molecule has 4 nitrogen and oxygen atoms in total. The number of aryl methyl sites for hydroxylation is 1. The van der Waals surface area contributed by atoms with Crippen LogP contribution in [0.1, 0.15) is 5.56 Å². The number of sulfonamides is 1. The van der Waals surface area contributed by atoms with Gasteiger partial charge < -0.3 is 5.73 Å². The summed E-state index contributed by atoms with van der Waals surface area (Å²) in [5.41, 5.74) is 7.07. The summed E-state index contributed by atoms with van der Waals surface area (Å²) in [5.74, 6) is 0. The monoisotopic (exact) mass is 422 g/mol. The number of benzene rings is 2. The van der Waals surface area contributed by atoms with Crippen LogP contribution in [0, 0.1) is 10.5 Å². The van der Waals surface area contributed by atoms with Crippen LogP contribution in [0.4, 0.5) is 11.4 Å². The molecule has 0 saturated carbocycles. The minimum atomic E-state index is -3.73. The molecule has 3 N–H and O–H groups in total. The number of halogens is 2. The van der Waals surface area contributed by atoms with Gasteiger partial charge in [-0.2, -0.15) is 0 Å². The Balaban J connectivity index is 2.46. The normalized spacial score (nSPS) is 11.3. The minimum absolute atomic E-state index is 0.103. The van der Waals surface area contributed by atoms with Crippen molar-refractivity contribution >= 4 is 55.6 Å². The Morgan fingerprint density at radius 3 is 2.55 bits per heavy atom. The average molecular weight is 423 g/mol. The number of hydrogen-bond donors (Lipinski definition) is 2. The lowest BCUT2D eigenvalue weighted by Crippen LogP contribution is -2.16. The molecule has 0 aliphatic heterocycles. The molecule has 0 spiro atoms. The summed E-state index contributed by atoms with van der Waals surface area (Å²) in [7, 11) is -3.73. The van der Waals surface area contributed by atoms with Crippen LogP contribution >= 0.6 is 34.2 Å². The average Bonchev–Trinajstić information content (AvgIpc) is 2.32. The van der Waals surface area contributed by atoms with E-state index in [0.29, 0.717) is 19.8 Å². The molecule has 0 fully saturated rings. The van der Waals surface area contributed by atoms with Crippen LogP contribution in [0.2, 0.25) is 5.02 Å². The third-order valence-electron chi connectivity index (χ3n) is 2.69. The van der Waals surface area contributed by atoms with Gasteiger partial charge in [0.2, 0.25) is 0 Å². The summed E-state index contributed by atoms with van der Waals surface area (Å²) < 4.78 is 28.2. The zero-order valence-corrected chi connectivity index (χ0v) is 14.3. The third kappa shape index (κ3) is 3.18. The predicted octanol–water partition coefficient (Wildman–Crippen LogP) is 3.64. The van der Waals surface area contributed by atoms with Crippen molar-refractivity contribution in [2.45, 2.75) is 11.8 Å². The third-order valence-corrected chi connectivity index (χ3v) is 5.40. The van der Waals surface area contributed by atoms with Crippen LogP contribution in [-0.2, 0) is 10.0 Å². The predicted molar refractivity (Wildman–Crippen MR) is 90.6 cm³/mol. The van der Waals surface area contributed by atoms with Gasteiger partial charge >= 0.3 is 0 Å². The molecule has 2 rings (SSSR count). The Kier molecular flexibility index (Phi) is 4.46. The summed E-state index contributed by atoms with van der Waals surface area (Å²) in [6.07, 6.45) is 0. The molecule has 0 atom stereocenters. The van der Waals surface area contributed by atoms with Crippen molar-refractivity contribution < 1.29 is 8.42 Å². The zero-order valence-electron chi connectivity index (χ0n) is 10.5. The maximum absolute atomic E-state index is 12.5. The molecule has 20 heavy (non-hydrogen) atoms. The molecule has 2 aromatic rings. The van der Waals surface area contributed by atoms with E-state index in [2.05, 4.69) is 4.72 Å². The molecule has 0 aliphatic rings. The summed E-state index contributed by atoms with van der Waals surface area (Å²) in [6.45, 7) is 1.71. The van der Waals surface area contributed by atoms with Gasteiger partial charge in [0.15, 0.2) is 0 Å². The van der Waals surface area contributed by atoms with Gasteiger partial charge in [0, 0.05) is 8.59 Å². The number of nitrogens with one attached hydrogen (secondary N) is 1. The second kappa shape index (κ2) is 5.79. The van der Waals surface area contributed by atoms with E-state index in [9.17, 15) is 8.42 Å². The van der Waals surface area contributed by atoms with Gasteiger partial charge in [-0.1, -0.05) is 23.7 Å². The first-order valence-electron chi connectivity index (χ1n) is 5.64. The Morgan fingerprint density at radius 1 is 1.25 bits per heavy atom. The van der Waals surface area contributed by atoms with E-state index in [1.165, 1.54) is 0 Å². The molecule has 0 amide bonds. The highest BCUT2D eigenvalue weighted by molar-refractivity contribution is 14.1. The highest BCUT2D eigenvalue weighted by atomic mass is 127. The van der Waals surface area contributed by atoms with Crippen molar-refractivity contribution in [1.29, 1.82) is 0 Å². The SMILES string of the molecule is Cc1cccc(N)c1S(=O)(=O)Nc1ccc(Cl)cc1I. The molecule has 106 valence electrons. The van der Waals surface area contributed by atoms with Crippen molar-refractivity contribution in [2.75, 3.05) is 10.5 Å². The first kappa shape index (κ1) is 15.4. The quantitative estimate of drug-likeness (QED) is 0.586. The minimum Gasteiger partial charge on any atom is -0.398 e. The van der Waals surface area contributed by atoms with Crippen LogP contribution in [0.25, 0.3) is 0 Å². The first-order chi connectivity index (χ1) is 9.31. The van der Waals surface area contributed by atoms with Crippen LogP contribution in [0.5, 0.6) is 0 Å². The van der Waals surface area contributed by atoms with E-state index in [1.807, 2.05) is 22.6 Å². The van der Waals surface area contributed by atoms with E-state index in [4.69, 9.17) is 17.3 Å². The van der Waals surface area contributed by atoms with Crippen LogP contribution in [0.3, 0.4) is 0 Å². The van der Waals surface area contributed by atoms with E-state index in [-0.39, 0.29) is 10.6 Å². The van der Waals surface area contributed by atoms with Gasteiger partial charge in [-0.05, 0) is 59.3 Å².